The largest absolute Gasteiger partial charge is 0.426 e. The summed E-state index contributed by atoms with van der Waals surface area (Å²) in [6.45, 7) is 0. The van der Waals surface area contributed by atoms with Gasteiger partial charge in [0.15, 0.2) is 0 Å². The van der Waals surface area contributed by atoms with Crippen molar-refractivity contribution in [1.29, 1.82) is 0 Å². The molecule has 4 aromatic rings. The van der Waals surface area contributed by atoms with Gasteiger partial charge in [-0.05, 0) is 35.7 Å². The Balaban J connectivity index is 1.36. The van der Waals surface area contributed by atoms with E-state index in [0.717, 1.165) is 11.1 Å². The summed E-state index contributed by atoms with van der Waals surface area (Å²) in [5.74, 6) is 0.873. The Bertz CT molecular complexity index is 1220. The van der Waals surface area contributed by atoms with Gasteiger partial charge in [0.25, 0.3) is 5.56 Å². The van der Waals surface area contributed by atoms with E-state index >= 15 is 0 Å². The highest BCUT2D eigenvalue weighted by Crippen LogP contribution is 2.22. The van der Waals surface area contributed by atoms with E-state index in [2.05, 4.69) is 22.1 Å². The number of carbonyl (C=O) groups excluding carboxylic acids is 1. The lowest BCUT2D eigenvalue weighted by molar-refractivity contribution is -0.134. The first-order chi connectivity index (χ1) is 14.7. The lowest BCUT2D eigenvalue weighted by Crippen LogP contribution is -2.13. The Hall–Kier alpha value is -3.73. The number of hydrogen-bond acceptors (Lipinski definition) is 4. The van der Waals surface area contributed by atoms with Crippen molar-refractivity contribution in [2.75, 3.05) is 0 Å². The van der Waals surface area contributed by atoms with Gasteiger partial charge in [-0.15, -0.1) is 0 Å². The Morgan fingerprint density at radius 1 is 0.900 bits per heavy atom. The Morgan fingerprint density at radius 2 is 1.63 bits per heavy atom. The number of aromatic nitrogens is 2. The van der Waals surface area contributed by atoms with Crippen LogP contribution in [0.4, 0.5) is 0 Å². The van der Waals surface area contributed by atoms with Crippen molar-refractivity contribution < 1.29 is 9.53 Å². The quantitative estimate of drug-likeness (QED) is 0.369. The average molecular weight is 398 g/mol. The third-order valence-electron chi connectivity index (χ3n) is 4.89. The second-order valence-corrected chi connectivity index (χ2v) is 7.13. The summed E-state index contributed by atoms with van der Waals surface area (Å²) >= 11 is 0. The van der Waals surface area contributed by atoms with E-state index in [-0.39, 0.29) is 17.9 Å². The summed E-state index contributed by atoms with van der Waals surface area (Å²) in [7, 11) is 0. The Labute approximate surface area is 174 Å². The molecule has 0 aliphatic rings. The number of H-pyrrole nitrogens is 1. The van der Waals surface area contributed by atoms with Crippen LogP contribution in [0.1, 0.15) is 29.8 Å². The van der Waals surface area contributed by atoms with Crippen LogP contribution < -0.4 is 10.3 Å². The highest BCUT2D eigenvalue weighted by atomic mass is 16.5. The molecule has 0 fully saturated rings. The second kappa shape index (κ2) is 9.18. The molecular formula is C25H22N2O3. The molecule has 150 valence electrons. The molecule has 0 spiro atoms. The van der Waals surface area contributed by atoms with Gasteiger partial charge in [-0.3, -0.25) is 9.59 Å². The summed E-state index contributed by atoms with van der Waals surface area (Å²) in [4.78, 5) is 31.8. The van der Waals surface area contributed by atoms with Gasteiger partial charge in [0.1, 0.15) is 11.6 Å². The van der Waals surface area contributed by atoms with Gasteiger partial charge in [-0.2, -0.15) is 0 Å². The summed E-state index contributed by atoms with van der Waals surface area (Å²) in [6, 6.07) is 24.9. The number of aromatic amines is 1. The molecule has 0 amide bonds. The van der Waals surface area contributed by atoms with E-state index in [1.807, 2.05) is 60.7 Å². The molecule has 1 aromatic heterocycles. The maximum absolute atomic E-state index is 12.4. The first kappa shape index (κ1) is 19.6. The first-order valence-electron chi connectivity index (χ1n) is 9.99. The molecule has 3 aromatic carbocycles. The fourth-order valence-corrected chi connectivity index (χ4v) is 3.39. The molecular weight excluding hydrogens is 376 g/mol. The molecule has 0 aliphatic heterocycles. The summed E-state index contributed by atoms with van der Waals surface area (Å²) in [5, 5.41) is 0.565. The summed E-state index contributed by atoms with van der Waals surface area (Å²) in [5.41, 5.74) is 2.63. The fraction of sp³-hybridized carbons (Fsp3) is 0.160. The number of nitrogens with one attached hydrogen (secondary N) is 1. The van der Waals surface area contributed by atoms with E-state index in [0.29, 0.717) is 41.7 Å². The molecule has 5 nitrogen and oxygen atoms in total. The zero-order valence-corrected chi connectivity index (χ0v) is 16.5. The lowest BCUT2D eigenvalue weighted by atomic mass is 10.0. The number of fused-ring (bicyclic) bond motifs is 1. The van der Waals surface area contributed by atoms with Crippen molar-refractivity contribution in [3.05, 3.63) is 106 Å². The highest BCUT2D eigenvalue weighted by Gasteiger charge is 2.11. The summed E-state index contributed by atoms with van der Waals surface area (Å²) in [6.07, 6.45) is 1.99. The van der Waals surface area contributed by atoms with Gasteiger partial charge >= 0.3 is 5.97 Å². The molecule has 0 unspecified atom stereocenters. The number of carbonyl (C=O) groups is 1. The minimum Gasteiger partial charge on any atom is -0.426 e. The van der Waals surface area contributed by atoms with Crippen LogP contribution in [0.15, 0.2) is 83.7 Å². The molecule has 0 atom stereocenters. The first-order valence-corrected chi connectivity index (χ1v) is 9.99. The molecule has 4 rings (SSSR count). The number of hydrogen-bond donors (Lipinski definition) is 1. The predicted octanol–water partition coefficient (Wildman–Crippen LogP) is 4.44. The van der Waals surface area contributed by atoms with Crippen LogP contribution in [0.5, 0.6) is 5.75 Å². The van der Waals surface area contributed by atoms with Crippen LogP contribution in [0.3, 0.4) is 0 Å². The van der Waals surface area contributed by atoms with Crippen molar-refractivity contribution in [1.82, 2.24) is 9.97 Å². The second-order valence-electron chi connectivity index (χ2n) is 7.13. The van der Waals surface area contributed by atoms with Gasteiger partial charge in [-0.1, -0.05) is 60.7 Å². The number of benzene rings is 3. The minimum atomic E-state index is -0.293. The van der Waals surface area contributed by atoms with Crippen LogP contribution in [0.25, 0.3) is 10.9 Å². The topological polar surface area (TPSA) is 72.0 Å². The number of esters is 1. The average Bonchev–Trinajstić information content (AvgIpc) is 2.76. The third-order valence-corrected chi connectivity index (χ3v) is 4.89. The van der Waals surface area contributed by atoms with Crippen LogP contribution in [-0.2, 0) is 17.6 Å². The zero-order chi connectivity index (χ0) is 20.8. The van der Waals surface area contributed by atoms with Gasteiger partial charge in [0.05, 0.1) is 10.9 Å². The van der Waals surface area contributed by atoms with Gasteiger partial charge in [-0.25, -0.2) is 4.98 Å². The molecule has 0 saturated carbocycles. The van der Waals surface area contributed by atoms with E-state index in [4.69, 9.17) is 4.74 Å². The van der Waals surface area contributed by atoms with Crippen molar-refractivity contribution in [2.24, 2.45) is 0 Å². The van der Waals surface area contributed by atoms with Gasteiger partial charge in [0.2, 0.25) is 0 Å². The Morgan fingerprint density at radius 3 is 2.50 bits per heavy atom. The van der Waals surface area contributed by atoms with Crippen LogP contribution >= 0.6 is 0 Å². The number of rotatable bonds is 7. The number of ether oxygens (including phenoxy) is 1. The number of para-hydroxylation sites is 2. The van der Waals surface area contributed by atoms with Crippen molar-refractivity contribution in [2.45, 2.75) is 25.7 Å². The molecule has 0 aliphatic carbocycles. The molecule has 5 heteroatoms. The molecule has 1 N–H and O–H groups in total. The lowest BCUT2D eigenvalue weighted by Gasteiger charge is -2.10. The molecule has 0 saturated heterocycles. The van der Waals surface area contributed by atoms with Gasteiger partial charge < -0.3 is 9.72 Å². The maximum Gasteiger partial charge on any atom is 0.311 e. The van der Waals surface area contributed by atoms with Crippen LogP contribution in [-0.4, -0.2) is 15.9 Å². The third kappa shape index (κ3) is 4.81. The number of aryl methyl sites for hydroxylation is 1. The zero-order valence-electron chi connectivity index (χ0n) is 16.5. The van der Waals surface area contributed by atoms with E-state index < -0.39 is 0 Å². The summed E-state index contributed by atoms with van der Waals surface area (Å²) < 4.78 is 5.62. The molecule has 0 radical (unpaired) electrons. The monoisotopic (exact) mass is 398 g/mol. The SMILES string of the molecule is O=C(CCCc1nc2ccccc2c(=O)[nH]1)Oc1ccccc1Cc1ccccc1. The Kier molecular flexibility index (Phi) is 5.99. The van der Waals surface area contributed by atoms with E-state index in [1.165, 1.54) is 0 Å². The maximum atomic E-state index is 12.4. The normalized spacial score (nSPS) is 10.8. The van der Waals surface area contributed by atoms with Crippen molar-refractivity contribution >= 4 is 16.9 Å². The standard InChI is InChI=1S/C25H22N2O3/c28-24(16-8-15-23-26-21-13-6-5-12-20(21)25(29)27-23)30-22-14-7-4-11-19(22)17-18-9-2-1-3-10-18/h1-7,9-14H,8,15-17H2,(H,26,27,29). The predicted molar refractivity (Wildman–Crippen MR) is 117 cm³/mol. The highest BCUT2D eigenvalue weighted by molar-refractivity contribution is 5.77. The van der Waals surface area contributed by atoms with E-state index in [1.54, 1.807) is 6.07 Å². The smallest absolute Gasteiger partial charge is 0.311 e. The van der Waals surface area contributed by atoms with Gasteiger partial charge in [0, 0.05) is 19.3 Å². The van der Waals surface area contributed by atoms with Crippen molar-refractivity contribution in [3.63, 3.8) is 0 Å². The molecule has 0 bridgehead atoms. The minimum absolute atomic E-state index is 0.159. The number of nitrogens with zero attached hydrogens (tertiary/aromatic N) is 1. The van der Waals surface area contributed by atoms with Crippen molar-refractivity contribution in [3.8, 4) is 5.75 Å². The van der Waals surface area contributed by atoms with Crippen LogP contribution in [0.2, 0.25) is 0 Å². The molecule has 30 heavy (non-hydrogen) atoms. The molecule has 1 heterocycles. The van der Waals surface area contributed by atoms with Crippen LogP contribution in [0, 0.1) is 0 Å². The van der Waals surface area contributed by atoms with E-state index in [9.17, 15) is 9.59 Å². The fourth-order valence-electron chi connectivity index (χ4n) is 3.39.